The highest BCUT2D eigenvalue weighted by Crippen LogP contribution is 2.24. The van der Waals surface area contributed by atoms with Crippen LogP contribution >= 0.6 is 0 Å². The van der Waals surface area contributed by atoms with E-state index in [-0.39, 0.29) is 23.9 Å². The van der Waals surface area contributed by atoms with Gasteiger partial charge in [0, 0.05) is 39.0 Å². The minimum atomic E-state index is -0.359. The first-order chi connectivity index (χ1) is 17.6. The van der Waals surface area contributed by atoms with Gasteiger partial charge in [-0.15, -0.1) is 0 Å². The molecule has 0 aromatic rings. The van der Waals surface area contributed by atoms with Gasteiger partial charge in [-0.1, -0.05) is 27.7 Å². The monoisotopic (exact) mass is 517 g/mol. The number of ketones is 1. The zero-order valence-corrected chi connectivity index (χ0v) is 23.9. The second-order valence-electron chi connectivity index (χ2n) is 12.0. The number of nitriles is 1. The van der Waals surface area contributed by atoms with E-state index in [9.17, 15) is 14.4 Å². The molecule has 0 aromatic heterocycles. The van der Waals surface area contributed by atoms with Crippen LogP contribution in [-0.2, 0) is 14.4 Å². The molecule has 2 amide bonds. The Labute approximate surface area is 224 Å². The Bertz CT molecular complexity index is 764. The predicted octanol–water partition coefficient (Wildman–Crippen LogP) is 3.36. The van der Waals surface area contributed by atoms with Crippen molar-refractivity contribution in [3.63, 3.8) is 0 Å². The van der Waals surface area contributed by atoms with Crippen molar-refractivity contribution in [2.45, 2.75) is 98.1 Å². The van der Waals surface area contributed by atoms with Crippen molar-refractivity contribution in [1.29, 1.82) is 5.26 Å². The average molecular weight is 518 g/mol. The molecule has 210 valence electrons. The van der Waals surface area contributed by atoms with E-state index < -0.39 is 0 Å². The summed E-state index contributed by atoms with van der Waals surface area (Å²) >= 11 is 0. The molecule has 37 heavy (non-hydrogen) atoms. The molecule has 0 bridgehead atoms. The van der Waals surface area contributed by atoms with Gasteiger partial charge in [-0.2, -0.15) is 5.26 Å². The SMILES string of the molecule is CC(=O)CC1CCNCC1.CC(C)CC(C(=O)N1CCC(CC#N)CC1)N1CCN[C@@H](CC(C)C)C1=O. The molecule has 3 aliphatic rings. The summed E-state index contributed by atoms with van der Waals surface area (Å²) in [5, 5.41) is 15.5. The van der Waals surface area contributed by atoms with E-state index in [0.717, 1.165) is 45.3 Å². The maximum Gasteiger partial charge on any atom is 0.245 e. The molecule has 0 saturated carbocycles. The van der Waals surface area contributed by atoms with E-state index in [1.165, 1.54) is 12.8 Å². The lowest BCUT2D eigenvalue weighted by molar-refractivity contribution is -0.150. The Hall–Kier alpha value is -1.98. The van der Waals surface area contributed by atoms with Gasteiger partial charge in [-0.25, -0.2) is 0 Å². The summed E-state index contributed by atoms with van der Waals surface area (Å²) in [6.07, 6.45) is 7.01. The molecular weight excluding hydrogens is 466 g/mol. The first-order valence-electron chi connectivity index (χ1n) is 14.5. The number of Topliss-reactive ketones (excluding diaryl/α,β-unsaturated/α-hetero) is 1. The number of hydrogen-bond acceptors (Lipinski definition) is 6. The van der Waals surface area contributed by atoms with Gasteiger partial charge in [0.15, 0.2) is 0 Å². The molecule has 3 saturated heterocycles. The topological polar surface area (TPSA) is 106 Å². The average Bonchev–Trinajstić information content (AvgIpc) is 2.85. The molecule has 3 rings (SSSR count). The third-order valence-electron chi connectivity index (χ3n) is 7.73. The number of carbonyl (C=O) groups excluding carboxylic acids is 3. The van der Waals surface area contributed by atoms with Crippen LogP contribution < -0.4 is 10.6 Å². The summed E-state index contributed by atoms with van der Waals surface area (Å²) < 4.78 is 0. The zero-order valence-electron chi connectivity index (χ0n) is 23.9. The van der Waals surface area contributed by atoms with Crippen molar-refractivity contribution in [3.8, 4) is 6.07 Å². The van der Waals surface area contributed by atoms with Crippen molar-refractivity contribution in [2.75, 3.05) is 39.3 Å². The fourth-order valence-electron chi connectivity index (χ4n) is 5.72. The molecule has 0 aromatic carbocycles. The highest BCUT2D eigenvalue weighted by molar-refractivity contribution is 5.90. The number of hydrogen-bond donors (Lipinski definition) is 2. The molecule has 8 heteroatoms. The lowest BCUT2D eigenvalue weighted by Gasteiger charge is -2.42. The summed E-state index contributed by atoms with van der Waals surface area (Å²) in [5.41, 5.74) is 0. The lowest BCUT2D eigenvalue weighted by atomic mass is 9.92. The van der Waals surface area contributed by atoms with Crippen molar-refractivity contribution in [1.82, 2.24) is 20.4 Å². The molecule has 2 atom stereocenters. The minimum Gasteiger partial charge on any atom is -0.341 e. The van der Waals surface area contributed by atoms with Gasteiger partial charge in [0.05, 0.1) is 12.1 Å². The van der Waals surface area contributed by atoms with Crippen LogP contribution in [-0.4, -0.2) is 78.7 Å². The Morgan fingerprint density at radius 2 is 1.62 bits per heavy atom. The number of amides is 2. The Morgan fingerprint density at radius 3 is 2.16 bits per heavy atom. The van der Waals surface area contributed by atoms with Gasteiger partial charge in [-0.05, 0) is 82.2 Å². The summed E-state index contributed by atoms with van der Waals surface area (Å²) in [6.45, 7) is 15.1. The van der Waals surface area contributed by atoms with Crippen LogP contribution in [0.15, 0.2) is 0 Å². The fraction of sp³-hybridized carbons (Fsp3) is 0.862. The first-order valence-corrected chi connectivity index (χ1v) is 14.5. The van der Waals surface area contributed by atoms with Crippen LogP contribution in [0.1, 0.15) is 86.0 Å². The van der Waals surface area contributed by atoms with Gasteiger partial charge in [0.2, 0.25) is 11.8 Å². The summed E-state index contributed by atoms with van der Waals surface area (Å²) in [5.74, 6) is 2.36. The van der Waals surface area contributed by atoms with E-state index in [4.69, 9.17) is 5.26 Å². The second kappa shape index (κ2) is 16.1. The molecule has 3 aliphatic heterocycles. The molecule has 8 nitrogen and oxygen atoms in total. The molecule has 1 unspecified atom stereocenters. The second-order valence-corrected chi connectivity index (χ2v) is 12.0. The predicted molar refractivity (Wildman–Crippen MR) is 147 cm³/mol. The van der Waals surface area contributed by atoms with Crippen LogP contribution in [0, 0.1) is 35.0 Å². The minimum absolute atomic E-state index is 0.0771. The number of rotatable bonds is 9. The van der Waals surface area contributed by atoms with Crippen molar-refractivity contribution >= 4 is 17.6 Å². The van der Waals surface area contributed by atoms with Crippen LogP contribution in [0.25, 0.3) is 0 Å². The largest absolute Gasteiger partial charge is 0.341 e. The van der Waals surface area contributed by atoms with Gasteiger partial charge in [-0.3, -0.25) is 9.59 Å². The Balaban J connectivity index is 0.000000402. The van der Waals surface area contributed by atoms with Crippen LogP contribution in [0.3, 0.4) is 0 Å². The van der Waals surface area contributed by atoms with Crippen LogP contribution in [0.4, 0.5) is 0 Å². The number of carbonyl (C=O) groups is 3. The highest BCUT2D eigenvalue weighted by Gasteiger charge is 2.39. The van der Waals surface area contributed by atoms with Crippen molar-refractivity contribution < 1.29 is 14.4 Å². The third-order valence-corrected chi connectivity index (χ3v) is 7.73. The van der Waals surface area contributed by atoms with E-state index in [1.54, 1.807) is 6.92 Å². The van der Waals surface area contributed by atoms with Crippen LogP contribution in [0.2, 0.25) is 0 Å². The Kier molecular flexibility index (Phi) is 13.6. The van der Waals surface area contributed by atoms with Gasteiger partial charge in [0.1, 0.15) is 11.8 Å². The van der Waals surface area contributed by atoms with Crippen molar-refractivity contribution in [2.24, 2.45) is 23.7 Å². The van der Waals surface area contributed by atoms with E-state index in [2.05, 4.69) is 44.4 Å². The third kappa shape index (κ3) is 10.7. The zero-order chi connectivity index (χ0) is 27.4. The molecule has 0 aliphatic carbocycles. The standard InChI is InChI=1S/C21H36N4O2.C8H15NO/c1-15(2)13-18-20(26)25(12-9-23-18)19(14-16(3)4)21(27)24-10-6-17(5-8-22)7-11-24;1-7(10)6-8-2-4-9-5-3-8/h15-19,23H,5-7,9-14H2,1-4H3;8-9H,2-6H2,1H3/t18-,19?;/m0./s1. The van der Waals surface area contributed by atoms with E-state index in [1.807, 2.05) is 9.80 Å². The fourth-order valence-corrected chi connectivity index (χ4v) is 5.72. The van der Waals surface area contributed by atoms with Gasteiger partial charge < -0.3 is 25.2 Å². The number of nitrogens with one attached hydrogen (secondary N) is 2. The number of likely N-dealkylation sites (tertiary alicyclic amines) is 1. The quantitative estimate of drug-likeness (QED) is 0.486. The first kappa shape index (κ1) is 31.2. The maximum absolute atomic E-state index is 13.3. The van der Waals surface area contributed by atoms with Gasteiger partial charge in [0.25, 0.3) is 0 Å². The Morgan fingerprint density at radius 1 is 0.973 bits per heavy atom. The normalized spacial score (nSPS) is 22.4. The van der Waals surface area contributed by atoms with Crippen LogP contribution in [0.5, 0.6) is 0 Å². The number of piperidine rings is 2. The van der Waals surface area contributed by atoms with E-state index in [0.29, 0.717) is 61.9 Å². The molecule has 0 radical (unpaired) electrons. The van der Waals surface area contributed by atoms with Gasteiger partial charge >= 0.3 is 0 Å². The molecule has 0 spiro atoms. The summed E-state index contributed by atoms with van der Waals surface area (Å²) in [4.78, 5) is 40.8. The number of nitrogens with zero attached hydrogens (tertiary/aromatic N) is 3. The molecular formula is C29H51N5O3. The maximum atomic E-state index is 13.3. The molecule has 3 heterocycles. The molecule has 2 N–H and O–H groups in total. The molecule has 3 fully saturated rings. The van der Waals surface area contributed by atoms with Crippen molar-refractivity contribution in [3.05, 3.63) is 0 Å². The number of piperazine rings is 1. The smallest absolute Gasteiger partial charge is 0.245 e. The lowest BCUT2D eigenvalue weighted by Crippen LogP contribution is -2.62. The van der Waals surface area contributed by atoms with E-state index >= 15 is 0 Å². The highest BCUT2D eigenvalue weighted by atomic mass is 16.2. The summed E-state index contributed by atoms with van der Waals surface area (Å²) in [7, 11) is 0. The summed E-state index contributed by atoms with van der Waals surface area (Å²) in [6, 6.07) is 1.71.